The van der Waals surface area contributed by atoms with Crippen molar-refractivity contribution in [2.75, 3.05) is 0 Å². The predicted molar refractivity (Wildman–Crippen MR) is 175 cm³/mol. The average molecular weight is 595 g/mol. The van der Waals surface area contributed by atoms with Crippen LogP contribution in [0.1, 0.15) is 47.2 Å². The van der Waals surface area contributed by atoms with Gasteiger partial charge in [-0.2, -0.15) is 13.2 Å². The van der Waals surface area contributed by atoms with Gasteiger partial charge >= 0.3 is 6.18 Å². The zero-order valence-electron chi connectivity index (χ0n) is 24.8. The third-order valence-electron chi connectivity index (χ3n) is 9.49. The quantitative estimate of drug-likeness (QED) is 0.198. The fraction of sp³-hybridized carbons (Fsp3) is 0.122. The standard InChI is InChI=1S/C41H29F3O/c1-39(2)35-25-30(41(42,43)44)21-22-33(35)36-31-15-9-10-16-32(31)38-34(37(36)39)23-24-40(45-38,28-13-7-4-8-14-28)29-19-17-27(18-20-29)26-11-5-3-6-12-26/h3-25H,1-2H3. The van der Waals surface area contributed by atoms with Gasteiger partial charge < -0.3 is 4.74 Å². The molecule has 2 aliphatic rings. The maximum absolute atomic E-state index is 13.9. The molecule has 1 atom stereocenters. The number of hydrogen-bond acceptors (Lipinski definition) is 1. The van der Waals surface area contributed by atoms with Crippen molar-refractivity contribution in [3.63, 3.8) is 0 Å². The van der Waals surface area contributed by atoms with Crippen molar-refractivity contribution in [2.24, 2.45) is 0 Å². The van der Waals surface area contributed by atoms with Crippen molar-refractivity contribution < 1.29 is 17.9 Å². The zero-order valence-corrected chi connectivity index (χ0v) is 24.8. The fourth-order valence-electron chi connectivity index (χ4n) is 7.31. The number of fused-ring (bicyclic) bond motifs is 8. The van der Waals surface area contributed by atoms with Gasteiger partial charge in [-0.05, 0) is 57.0 Å². The summed E-state index contributed by atoms with van der Waals surface area (Å²) < 4.78 is 48.9. The maximum Gasteiger partial charge on any atom is 0.416 e. The number of benzene rings is 6. The van der Waals surface area contributed by atoms with Crippen LogP contribution in [-0.2, 0) is 17.2 Å². The second kappa shape index (κ2) is 9.70. The Kier molecular flexibility index (Phi) is 5.92. The highest BCUT2D eigenvalue weighted by molar-refractivity contribution is 6.08. The van der Waals surface area contributed by atoms with Gasteiger partial charge in [0.1, 0.15) is 5.75 Å². The molecule has 6 aromatic carbocycles. The normalized spacial score (nSPS) is 17.8. The molecule has 1 unspecified atom stereocenters. The van der Waals surface area contributed by atoms with E-state index in [0.717, 1.165) is 61.0 Å². The molecule has 0 radical (unpaired) electrons. The number of halogens is 3. The highest BCUT2D eigenvalue weighted by Gasteiger charge is 2.45. The Balaban J connectivity index is 1.36. The molecule has 1 heterocycles. The first-order valence-electron chi connectivity index (χ1n) is 15.1. The summed E-state index contributed by atoms with van der Waals surface area (Å²) in [4.78, 5) is 0. The van der Waals surface area contributed by atoms with E-state index in [9.17, 15) is 13.2 Å². The molecule has 0 saturated heterocycles. The minimum absolute atomic E-state index is 0.630. The molecule has 0 fully saturated rings. The van der Waals surface area contributed by atoms with Crippen LogP contribution in [0.25, 0.3) is 39.1 Å². The Hall–Kier alpha value is -5.09. The van der Waals surface area contributed by atoms with E-state index in [2.05, 4.69) is 72.8 Å². The molecule has 45 heavy (non-hydrogen) atoms. The van der Waals surface area contributed by atoms with Crippen LogP contribution in [-0.4, -0.2) is 0 Å². The molecule has 4 heteroatoms. The first kappa shape index (κ1) is 27.5. The molecule has 8 rings (SSSR count). The van der Waals surface area contributed by atoms with Crippen LogP contribution < -0.4 is 4.74 Å². The molecule has 0 aromatic heterocycles. The van der Waals surface area contributed by atoms with Crippen LogP contribution in [0.4, 0.5) is 13.2 Å². The lowest BCUT2D eigenvalue weighted by molar-refractivity contribution is -0.137. The van der Waals surface area contributed by atoms with E-state index in [1.165, 1.54) is 12.1 Å². The average Bonchev–Trinajstić information content (AvgIpc) is 3.31. The summed E-state index contributed by atoms with van der Waals surface area (Å²) in [6.45, 7) is 4.03. The molecule has 6 aromatic rings. The Labute approximate surface area is 260 Å². The number of alkyl halides is 3. The Morgan fingerprint density at radius 2 is 1.22 bits per heavy atom. The first-order chi connectivity index (χ1) is 21.7. The fourth-order valence-corrected chi connectivity index (χ4v) is 7.31. The van der Waals surface area contributed by atoms with Crippen molar-refractivity contribution in [1.82, 2.24) is 0 Å². The molecule has 1 nitrogen and oxygen atoms in total. The molecule has 0 N–H and O–H groups in total. The minimum atomic E-state index is -4.42. The summed E-state index contributed by atoms with van der Waals surface area (Å²) in [5, 5.41) is 1.90. The van der Waals surface area contributed by atoms with Gasteiger partial charge in [-0.15, -0.1) is 0 Å². The smallest absolute Gasteiger partial charge is 0.416 e. The van der Waals surface area contributed by atoms with Crippen LogP contribution in [0, 0.1) is 0 Å². The highest BCUT2D eigenvalue weighted by atomic mass is 19.4. The summed E-state index contributed by atoms with van der Waals surface area (Å²) in [6.07, 6.45) is -0.187. The van der Waals surface area contributed by atoms with Gasteiger partial charge in [0, 0.05) is 27.5 Å². The van der Waals surface area contributed by atoms with E-state index in [1.807, 2.05) is 62.4 Å². The number of rotatable bonds is 3. The molecule has 220 valence electrons. The van der Waals surface area contributed by atoms with Gasteiger partial charge in [-0.3, -0.25) is 0 Å². The van der Waals surface area contributed by atoms with E-state index in [1.54, 1.807) is 6.07 Å². The van der Waals surface area contributed by atoms with E-state index < -0.39 is 22.8 Å². The number of ether oxygens (including phenoxy) is 1. The van der Waals surface area contributed by atoms with Crippen LogP contribution in [0.15, 0.2) is 133 Å². The van der Waals surface area contributed by atoms with Gasteiger partial charge in [0.25, 0.3) is 0 Å². The van der Waals surface area contributed by atoms with Gasteiger partial charge in [-0.25, -0.2) is 0 Å². The van der Waals surface area contributed by atoms with E-state index >= 15 is 0 Å². The second-order valence-corrected chi connectivity index (χ2v) is 12.4. The van der Waals surface area contributed by atoms with Crippen molar-refractivity contribution in [3.8, 4) is 28.0 Å². The summed E-state index contributed by atoms with van der Waals surface area (Å²) in [6, 6.07) is 41.2. The molecule has 0 bridgehead atoms. The van der Waals surface area contributed by atoms with Crippen LogP contribution >= 0.6 is 0 Å². The lowest BCUT2D eigenvalue weighted by atomic mass is 9.76. The van der Waals surface area contributed by atoms with Crippen LogP contribution in [0.2, 0.25) is 0 Å². The lowest BCUT2D eigenvalue weighted by Gasteiger charge is -2.38. The Morgan fingerprint density at radius 1 is 0.622 bits per heavy atom. The highest BCUT2D eigenvalue weighted by Crippen LogP contribution is 2.58. The van der Waals surface area contributed by atoms with E-state index in [0.29, 0.717) is 5.56 Å². The topological polar surface area (TPSA) is 9.23 Å². The van der Waals surface area contributed by atoms with Gasteiger partial charge in [0.2, 0.25) is 0 Å². The molecular weight excluding hydrogens is 565 g/mol. The zero-order chi connectivity index (χ0) is 31.0. The minimum Gasteiger partial charge on any atom is -0.472 e. The Morgan fingerprint density at radius 3 is 1.91 bits per heavy atom. The largest absolute Gasteiger partial charge is 0.472 e. The summed E-state index contributed by atoms with van der Waals surface area (Å²) >= 11 is 0. The first-order valence-corrected chi connectivity index (χ1v) is 15.1. The van der Waals surface area contributed by atoms with Crippen molar-refractivity contribution >= 4 is 16.8 Å². The second-order valence-electron chi connectivity index (χ2n) is 12.4. The van der Waals surface area contributed by atoms with Crippen LogP contribution in [0.3, 0.4) is 0 Å². The van der Waals surface area contributed by atoms with Gasteiger partial charge in [-0.1, -0.05) is 135 Å². The van der Waals surface area contributed by atoms with E-state index in [-0.39, 0.29) is 0 Å². The molecule has 0 amide bonds. The SMILES string of the molecule is CC1(C)c2cc(C(F)(F)F)ccc2-c2c1c1c(c3ccccc23)OC(c2ccccc2)(c2ccc(-c3ccccc3)cc2)C=C1. The van der Waals surface area contributed by atoms with Gasteiger partial charge in [0.15, 0.2) is 5.60 Å². The summed E-state index contributed by atoms with van der Waals surface area (Å²) in [5.41, 5.74) is 6.39. The number of hydrogen-bond donors (Lipinski definition) is 0. The monoisotopic (exact) mass is 594 g/mol. The third-order valence-corrected chi connectivity index (χ3v) is 9.49. The predicted octanol–water partition coefficient (Wildman–Crippen LogP) is 11.2. The molecule has 0 saturated carbocycles. The molecule has 1 aliphatic carbocycles. The van der Waals surface area contributed by atoms with Crippen molar-refractivity contribution in [2.45, 2.75) is 31.0 Å². The summed E-state index contributed by atoms with van der Waals surface area (Å²) in [5.74, 6) is 0.736. The molecule has 0 spiro atoms. The maximum atomic E-state index is 13.9. The third kappa shape index (κ3) is 4.09. The Bertz CT molecular complexity index is 2130. The summed E-state index contributed by atoms with van der Waals surface area (Å²) in [7, 11) is 0. The van der Waals surface area contributed by atoms with E-state index in [4.69, 9.17) is 4.74 Å². The molecule has 1 aliphatic heterocycles. The van der Waals surface area contributed by atoms with Crippen LogP contribution in [0.5, 0.6) is 5.75 Å². The van der Waals surface area contributed by atoms with Crippen molar-refractivity contribution in [1.29, 1.82) is 0 Å². The van der Waals surface area contributed by atoms with Gasteiger partial charge in [0.05, 0.1) is 5.56 Å². The molecular formula is C41H29F3O. The lowest BCUT2D eigenvalue weighted by Crippen LogP contribution is -2.35. The van der Waals surface area contributed by atoms with Crippen molar-refractivity contribution in [3.05, 3.63) is 167 Å².